The predicted molar refractivity (Wildman–Crippen MR) is 77.8 cm³/mol. The van der Waals surface area contributed by atoms with Crippen molar-refractivity contribution >= 4 is 5.91 Å². The van der Waals surface area contributed by atoms with E-state index in [1.54, 1.807) is 0 Å². The maximum absolute atomic E-state index is 12.4. The molecular formula is C16H24N2O. The number of nitrogens with two attached hydrogens (primary N) is 1. The third kappa shape index (κ3) is 3.35. The molecule has 0 radical (unpaired) electrons. The van der Waals surface area contributed by atoms with Crippen LogP contribution in [-0.2, 0) is 17.6 Å². The molecule has 1 amide bonds. The Morgan fingerprint density at radius 3 is 2.79 bits per heavy atom. The molecule has 104 valence electrons. The molecule has 0 saturated carbocycles. The molecule has 2 atom stereocenters. The van der Waals surface area contributed by atoms with E-state index in [1.165, 1.54) is 11.1 Å². The van der Waals surface area contributed by atoms with Gasteiger partial charge in [0, 0.05) is 19.5 Å². The van der Waals surface area contributed by atoms with E-state index >= 15 is 0 Å². The van der Waals surface area contributed by atoms with E-state index in [4.69, 9.17) is 5.73 Å². The van der Waals surface area contributed by atoms with Crippen LogP contribution in [0.2, 0.25) is 0 Å². The number of nitrogens with zero attached hydrogens (tertiary/aromatic N) is 1. The molecule has 1 aliphatic rings. The van der Waals surface area contributed by atoms with E-state index in [9.17, 15) is 4.79 Å². The summed E-state index contributed by atoms with van der Waals surface area (Å²) < 4.78 is 0. The number of hydrogen-bond acceptors (Lipinski definition) is 2. The summed E-state index contributed by atoms with van der Waals surface area (Å²) in [4.78, 5) is 14.3. The lowest BCUT2D eigenvalue weighted by atomic mass is 9.83. The summed E-state index contributed by atoms with van der Waals surface area (Å²) in [6.45, 7) is 3.47. The van der Waals surface area contributed by atoms with Gasteiger partial charge < -0.3 is 10.6 Å². The maximum atomic E-state index is 12.4. The van der Waals surface area contributed by atoms with Crippen molar-refractivity contribution in [1.82, 2.24) is 4.90 Å². The fourth-order valence-electron chi connectivity index (χ4n) is 2.85. The Labute approximate surface area is 115 Å². The molecule has 1 aliphatic carbocycles. The minimum Gasteiger partial charge on any atom is -0.345 e. The molecule has 2 N–H and O–H groups in total. The van der Waals surface area contributed by atoms with Gasteiger partial charge in [0.15, 0.2) is 0 Å². The van der Waals surface area contributed by atoms with E-state index in [0.717, 1.165) is 25.8 Å². The normalized spacial score (nSPS) is 19.6. The summed E-state index contributed by atoms with van der Waals surface area (Å²) in [5.74, 6) is 0.782. The quantitative estimate of drug-likeness (QED) is 0.898. The zero-order chi connectivity index (χ0) is 13.8. The van der Waals surface area contributed by atoms with Crippen molar-refractivity contribution in [2.45, 2.75) is 26.2 Å². The lowest BCUT2D eigenvalue weighted by Crippen LogP contribution is -2.39. The molecule has 2 rings (SSSR count). The van der Waals surface area contributed by atoms with Crippen LogP contribution in [0.15, 0.2) is 24.3 Å². The van der Waals surface area contributed by atoms with Crippen LogP contribution in [-0.4, -0.2) is 30.9 Å². The number of aryl methyl sites for hydroxylation is 1. The molecule has 3 heteroatoms. The monoisotopic (exact) mass is 260 g/mol. The molecule has 0 saturated heterocycles. The highest BCUT2D eigenvalue weighted by molar-refractivity contribution is 5.79. The largest absolute Gasteiger partial charge is 0.345 e. The van der Waals surface area contributed by atoms with Crippen molar-refractivity contribution < 1.29 is 4.79 Å². The lowest BCUT2D eigenvalue weighted by Gasteiger charge is -2.29. The van der Waals surface area contributed by atoms with Crippen molar-refractivity contribution in [2.75, 3.05) is 20.1 Å². The van der Waals surface area contributed by atoms with Crippen LogP contribution in [0.1, 0.15) is 24.5 Å². The smallest absolute Gasteiger partial charge is 0.225 e. The molecule has 1 aromatic rings. The maximum Gasteiger partial charge on any atom is 0.225 e. The fraction of sp³-hybridized carbons (Fsp3) is 0.562. The van der Waals surface area contributed by atoms with Gasteiger partial charge >= 0.3 is 0 Å². The van der Waals surface area contributed by atoms with Crippen molar-refractivity contribution in [3.63, 3.8) is 0 Å². The van der Waals surface area contributed by atoms with Gasteiger partial charge in [-0.25, -0.2) is 0 Å². The van der Waals surface area contributed by atoms with E-state index < -0.39 is 0 Å². The molecule has 0 aromatic heterocycles. The minimum absolute atomic E-state index is 0.143. The van der Waals surface area contributed by atoms with Gasteiger partial charge in [-0.2, -0.15) is 0 Å². The number of rotatable bonds is 4. The van der Waals surface area contributed by atoms with Crippen molar-refractivity contribution in [2.24, 2.45) is 17.6 Å². The summed E-state index contributed by atoms with van der Waals surface area (Å²) in [7, 11) is 1.90. The Morgan fingerprint density at radius 1 is 1.42 bits per heavy atom. The van der Waals surface area contributed by atoms with Crippen LogP contribution >= 0.6 is 0 Å². The average Bonchev–Trinajstić information content (AvgIpc) is 2.45. The first-order valence-electron chi connectivity index (χ1n) is 7.13. The first-order valence-corrected chi connectivity index (χ1v) is 7.13. The van der Waals surface area contributed by atoms with Gasteiger partial charge in [0.2, 0.25) is 5.91 Å². The SMILES string of the molecule is CC(CN)CN(C)C(=O)C1CCc2ccccc2C1. The Hall–Kier alpha value is -1.35. The van der Waals surface area contributed by atoms with Gasteiger partial charge in [-0.1, -0.05) is 31.2 Å². The minimum atomic E-state index is 0.143. The summed E-state index contributed by atoms with van der Waals surface area (Å²) in [5.41, 5.74) is 8.37. The van der Waals surface area contributed by atoms with Gasteiger partial charge in [0.1, 0.15) is 0 Å². The number of amides is 1. The Balaban J connectivity index is 1.98. The van der Waals surface area contributed by atoms with Crippen molar-refractivity contribution in [3.8, 4) is 0 Å². The van der Waals surface area contributed by atoms with Gasteiger partial charge in [0.25, 0.3) is 0 Å². The molecule has 1 aromatic carbocycles. The van der Waals surface area contributed by atoms with Gasteiger partial charge in [0.05, 0.1) is 0 Å². The predicted octanol–water partition coefficient (Wildman–Crippen LogP) is 1.84. The number of carbonyl (C=O) groups excluding carboxylic acids is 1. The van der Waals surface area contributed by atoms with Crippen molar-refractivity contribution in [1.29, 1.82) is 0 Å². The van der Waals surface area contributed by atoms with Crippen LogP contribution < -0.4 is 5.73 Å². The molecule has 19 heavy (non-hydrogen) atoms. The summed E-state index contributed by atoms with van der Waals surface area (Å²) in [6.07, 6.45) is 2.88. The highest BCUT2D eigenvalue weighted by Gasteiger charge is 2.27. The second-order valence-electron chi connectivity index (χ2n) is 5.77. The standard InChI is InChI=1S/C16H24N2O/c1-12(10-17)11-18(2)16(19)15-8-7-13-5-3-4-6-14(13)9-15/h3-6,12,15H,7-11,17H2,1-2H3. The average molecular weight is 260 g/mol. The molecule has 2 unspecified atom stereocenters. The Bertz CT molecular complexity index is 444. The molecule has 0 spiro atoms. The van der Waals surface area contributed by atoms with Crippen LogP contribution in [0.3, 0.4) is 0 Å². The third-order valence-corrected chi connectivity index (χ3v) is 4.06. The summed E-state index contributed by atoms with van der Waals surface area (Å²) in [5, 5.41) is 0. The summed E-state index contributed by atoms with van der Waals surface area (Å²) in [6, 6.07) is 8.47. The number of benzene rings is 1. The van der Waals surface area contributed by atoms with Crippen LogP contribution in [0, 0.1) is 11.8 Å². The first kappa shape index (κ1) is 14.1. The molecule has 0 fully saturated rings. The highest BCUT2D eigenvalue weighted by Crippen LogP contribution is 2.26. The number of carbonyl (C=O) groups is 1. The lowest BCUT2D eigenvalue weighted by molar-refractivity contribution is -0.135. The van der Waals surface area contributed by atoms with E-state index in [1.807, 2.05) is 11.9 Å². The number of fused-ring (bicyclic) bond motifs is 1. The van der Waals surface area contributed by atoms with Gasteiger partial charge in [-0.05, 0) is 42.9 Å². The Kier molecular flexibility index (Phi) is 4.59. The van der Waals surface area contributed by atoms with E-state index in [0.29, 0.717) is 12.5 Å². The fourth-order valence-corrected chi connectivity index (χ4v) is 2.85. The third-order valence-electron chi connectivity index (χ3n) is 4.06. The summed E-state index contributed by atoms with van der Waals surface area (Å²) >= 11 is 0. The van der Waals surface area contributed by atoms with Crippen LogP contribution in [0.5, 0.6) is 0 Å². The van der Waals surface area contributed by atoms with E-state index in [-0.39, 0.29) is 11.8 Å². The van der Waals surface area contributed by atoms with Crippen molar-refractivity contribution in [3.05, 3.63) is 35.4 Å². The van der Waals surface area contributed by atoms with Crippen LogP contribution in [0.4, 0.5) is 0 Å². The highest BCUT2D eigenvalue weighted by atomic mass is 16.2. The second-order valence-corrected chi connectivity index (χ2v) is 5.77. The first-order chi connectivity index (χ1) is 9.11. The zero-order valence-corrected chi connectivity index (χ0v) is 11.9. The number of hydrogen-bond donors (Lipinski definition) is 1. The van der Waals surface area contributed by atoms with Gasteiger partial charge in [-0.15, -0.1) is 0 Å². The van der Waals surface area contributed by atoms with Crippen LogP contribution in [0.25, 0.3) is 0 Å². The molecule has 0 bridgehead atoms. The molecular weight excluding hydrogens is 236 g/mol. The van der Waals surface area contributed by atoms with E-state index in [2.05, 4.69) is 31.2 Å². The molecule has 0 aliphatic heterocycles. The molecule has 0 heterocycles. The van der Waals surface area contributed by atoms with Gasteiger partial charge in [-0.3, -0.25) is 4.79 Å². The topological polar surface area (TPSA) is 46.3 Å². The Morgan fingerprint density at radius 2 is 2.11 bits per heavy atom. The zero-order valence-electron chi connectivity index (χ0n) is 11.9. The molecule has 3 nitrogen and oxygen atoms in total. The second kappa shape index (κ2) is 6.20.